The average Bonchev–Trinajstić information content (AvgIpc) is 2.89. The Morgan fingerprint density at radius 3 is 2.63 bits per heavy atom. The Bertz CT molecular complexity index is 1630. The van der Waals surface area contributed by atoms with Gasteiger partial charge in [-0.1, -0.05) is 42.4 Å². The molecule has 0 aliphatic carbocycles. The number of aromatic hydroxyl groups is 1. The molecule has 1 atom stereocenters. The Balaban J connectivity index is 1.78. The summed E-state index contributed by atoms with van der Waals surface area (Å²) >= 11 is 6.64. The van der Waals surface area contributed by atoms with Crippen LogP contribution < -0.4 is 10.6 Å². The molecule has 1 unspecified atom stereocenters. The number of hydrogen-bond donors (Lipinski definition) is 1. The number of benzene rings is 2. The fourth-order valence-corrected chi connectivity index (χ4v) is 5.13. The zero-order valence-electron chi connectivity index (χ0n) is 20.9. The van der Waals surface area contributed by atoms with E-state index in [1.165, 1.54) is 28.8 Å². The summed E-state index contributed by atoms with van der Waals surface area (Å²) in [6, 6.07) is 12.6. The highest BCUT2D eigenvalue weighted by molar-refractivity contribution is 6.34. The quantitative estimate of drug-likeness (QED) is 0.389. The normalized spacial score (nSPS) is 15.6. The molecule has 1 fully saturated rings. The third-order valence-corrected chi connectivity index (χ3v) is 7.06. The third-order valence-electron chi connectivity index (χ3n) is 6.77. The highest BCUT2D eigenvalue weighted by Gasteiger charge is 2.30. The molecule has 8 nitrogen and oxygen atoms in total. The van der Waals surface area contributed by atoms with Crippen molar-refractivity contribution in [3.8, 4) is 22.7 Å². The van der Waals surface area contributed by atoms with Crippen molar-refractivity contribution in [1.82, 2.24) is 19.4 Å². The number of carbonyl (C=O) groups excluding carboxylic acids is 1. The summed E-state index contributed by atoms with van der Waals surface area (Å²) in [5, 5.41) is 11.0. The van der Waals surface area contributed by atoms with Crippen LogP contribution in [0.4, 0.5) is 10.2 Å². The second kappa shape index (κ2) is 9.90. The van der Waals surface area contributed by atoms with Gasteiger partial charge >= 0.3 is 5.69 Å². The molecule has 1 amide bonds. The van der Waals surface area contributed by atoms with Crippen LogP contribution in [-0.4, -0.2) is 56.1 Å². The molecule has 5 rings (SSSR count). The first-order valence-corrected chi connectivity index (χ1v) is 12.4. The second-order valence-electron chi connectivity index (χ2n) is 9.19. The summed E-state index contributed by atoms with van der Waals surface area (Å²) in [6.45, 7) is 8.61. The van der Waals surface area contributed by atoms with Crippen molar-refractivity contribution in [3.63, 3.8) is 0 Å². The van der Waals surface area contributed by atoms with E-state index in [0.29, 0.717) is 36.5 Å². The van der Waals surface area contributed by atoms with Gasteiger partial charge in [-0.15, -0.1) is 0 Å². The lowest BCUT2D eigenvalue weighted by atomic mass is 10.1. The Labute approximate surface area is 223 Å². The number of phenolic OH excluding ortho intramolecular Hbond substituents is 1. The molecular weight excluding hydrogens is 509 g/mol. The minimum Gasteiger partial charge on any atom is -0.507 e. The number of fused-ring (bicyclic) bond motifs is 1. The maximum Gasteiger partial charge on any atom is 0.355 e. The lowest BCUT2D eigenvalue weighted by Gasteiger charge is -2.40. The number of carbonyl (C=O) groups is 1. The number of amides is 1. The van der Waals surface area contributed by atoms with E-state index in [-0.39, 0.29) is 39.6 Å². The fraction of sp³-hybridized carbons (Fsp3) is 0.214. The van der Waals surface area contributed by atoms with E-state index in [0.717, 1.165) is 5.56 Å². The summed E-state index contributed by atoms with van der Waals surface area (Å²) in [5.41, 5.74) is 0.858. The van der Waals surface area contributed by atoms with Crippen molar-refractivity contribution >= 4 is 34.4 Å². The number of anilines is 1. The first kappa shape index (κ1) is 25.4. The van der Waals surface area contributed by atoms with Crippen molar-refractivity contribution in [2.75, 3.05) is 24.5 Å². The molecule has 0 radical (unpaired) electrons. The molecule has 38 heavy (non-hydrogen) atoms. The van der Waals surface area contributed by atoms with E-state index in [9.17, 15) is 19.1 Å². The molecule has 2 aromatic heterocycles. The van der Waals surface area contributed by atoms with E-state index in [1.54, 1.807) is 23.1 Å². The number of rotatable bonds is 4. The highest BCUT2D eigenvalue weighted by Crippen LogP contribution is 2.38. The van der Waals surface area contributed by atoms with Crippen LogP contribution >= 0.6 is 11.6 Å². The number of nitrogens with zero attached hydrogens (tertiary/aromatic N) is 5. The van der Waals surface area contributed by atoms with Gasteiger partial charge in [0.1, 0.15) is 17.4 Å². The number of pyridine rings is 1. The summed E-state index contributed by atoms with van der Waals surface area (Å²) in [5.74, 6) is -0.820. The van der Waals surface area contributed by atoms with Gasteiger partial charge in [-0.05, 0) is 49.8 Å². The number of phenols is 1. The maximum atomic E-state index is 14.8. The van der Waals surface area contributed by atoms with Gasteiger partial charge in [0.2, 0.25) is 5.91 Å². The number of halogens is 2. The molecule has 194 valence electrons. The van der Waals surface area contributed by atoms with Crippen molar-refractivity contribution in [2.24, 2.45) is 0 Å². The van der Waals surface area contributed by atoms with Crippen LogP contribution in [-0.2, 0) is 4.79 Å². The van der Waals surface area contributed by atoms with Crippen molar-refractivity contribution in [2.45, 2.75) is 19.9 Å². The van der Waals surface area contributed by atoms with Crippen molar-refractivity contribution < 1.29 is 14.3 Å². The first-order chi connectivity index (χ1) is 18.2. The molecule has 1 saturated heterocycles. The van der Waals surface area contributed by atoms with Crippen LogP contribution in [0.25, 0.3) is 28.0 Å². The largest absolute Gasteiger partial charge is 0.507 e. The first-order valence-electron chi connectivity index (χ1n) is 12.1. The minimum absolute atomic E-state index is 0.00287. The molecule has 3 heterocycles. The van der Waals surface area contributed by atoms with Gasteiger partial charge in [0, 0.05) is 25.7 Å². The van der Waals surface area contributed by atoms with Gasteiger partial charge in [0.05, 0.1) is 27.4 Å². The van der Waals surface area contributed by atoms with Crippen molar-refractivity contribution in [3.05, 3.63) is 88.1 Å². The van der Waals surface area contributed by atoms with Crippen LogP contribution in [0.15, 0.2) is 66.0 Å². The molecule has 0 bridgehead atoms. The van der Waals surface area contributed by atoms with Gasteiger partial charge in [-0.25, -0.2) is 18.7 Å². The molecular formula is C28H25ClFN5O3. The predicted molar refractivity (Wildman–Crippen MR) is 146 cm³/mol. The molecule has 4 aromatic rings. The molecule has 0 saturated carbocycles. The Hall–Kier alpha value is -4.24. The Kier molecular flexibility index (Phi) is 6.62. The molecule has 2 aromatic carbocycles. The smallest absolute Gasteiger partial charge is 0.355 e. The summed E-state index contributed by atoms with van der Waals surface area (Å²) < 4.78 is 16.2. The number of hydrogen-bond acceptors (Lipinski definition) is 6. The zero-order chi connectivity index (χ0) is 27.1. The van der Waals surface area contributed by atoms with E-state index < -0.39 is 11.5 Å². The molecule has 1 aliphatic heterocycles. The van der Waals surface area contributed by atoms with Gasteiger partial charge in [-0.3, -0.25) is 4.79 Å². The van der Waals surface area contributed by atoms with E-state index in [1.807, 2.05) is 30.9 Å². The maximum absolute atomic E-state index is 14.8. The predicted octanol–water partition coefficient (Wildman–Crippen LogP) is 4.48. The van der Waals surface area contributed by atoms with Gasteiger partial charge in [0.25, 0.3) is 0 Å². The van der Waals surface area contributed by atoms with E-state index in [2.05, 4.69) is 16.5 Å². The zero-order valence-corrected chi connectivity index (χ0v) is 21.6. The van der Waals surface area contributed by atoms with E-state index >= 15 is 0 Å². The van der Waals surface area contributed by atoms with Crippen molar-refractivity contribution in [1.29, 1.82) is 0 Å². The Morgan fingerprint density at radius 1 is 1.18 bits per heavy atom. The number of aromatic nitrogens is 3. The fourth-order valence-electron chi connectivity index (χ4n) is 4.88. The highest BCUT2D eigenvalue weighted by atomic mass is 35.5. The van der Waals surface area contributed by atoms with E-state index in [4.69, 9.17) is 11.6 Å². The van der Waals surface area contributed by atoms with Gasteiger partial charge in [0.15, 0.2) is 5.65 Å². The number of para-hydroxylation sites is 1. The summed E-state index contributed by atoms with van der Waals surface area (Å²) in [4.78, 5) is 38.5. The molecule has 0 spiro atoms. The summed E-state index contributed by atoms with van der Waals surface area (Å²) in [6.07, 6.45) is 1.28. The van der Waals surface area contributed by atoms with Gasteiger partial charge in [-0.2, -0.15) is 4.98 Å². The SMILES string of the molecule is C=CC(=O)N1CCN(c2nc(=O)n(-c3ccccc3C)c3nc(-c4c(O)cccc4F)c(Cl)cc23)C(C)C1. The minimum atomic E-state index is -0.700. The third kappa shape index (κ3) is 4.28. The Morgan fingerprint density at radius 2 is 1.95 bits per heavy atom. The lowest BCUT2D eigenvalue weighted by molar-refractivity contribution is -0.126. The monoisotopic (exact) mass is 533 g/mol. The average molecular weight is 534 g/mol. The lowest BCUT2D eigenvalue weighted by Crippen LogP contribution is -2.54. The topological polar surface area (TPSA) is 91.6 Å². The molecule has 1 aliphatic rings. The number of aryl methyl sites for hydroxylation is 1. The van der Waals surface area contributed by atoms with Crippen LogP contribution in [0.1, 0.15) is 12.5 Å². The number of piperazine rings is 1. The van der Waals surface area contributed by atoms with Crippen LogP contribution in [0.5, 0.6) is 5.75 Å². The standard InChI is InChI=1S/C28H25ClFN5O3/c1-4-23(37)33-12-13-34(17(3)15-33)26-18-14-19(29)25(24-20(30)9-7-11-22(24)36)31-27(18)35(28(38)32-26)21-10-6-5-8-16(21)2/h4-11,14,17,36H,1,12-13,15H2,2-3H3. The molecule has 10 heteroatoms. The van der Waals surface area contributed by atoms with Crippen LogP contribution in [0.3, 0.4) is 0 Å². The second-order valence-corrected chi connectivity index (χ2v) is 9.60. The molecule has 1 N–H and O–H groups in total. The van der Waals surface area contributed by atoms with Crippen LogP contribution in [0.2, 0.25) is 5.02 Å². The van der Waals surface area contributed by atoms with Gasteiger partial charge < -0.3 is 14.9 Å². The van der Waals surface area contributed by atoms with Crippen LogP contribution in [0, 0.1) is 12.7 Å². The summed E-state index contributed by atoms with van der Waals surface area (Å²) in [7, 11) is 0.